The number of nitrogens with zero attached hydrogens (tertiary/aromatic N) is 3. The third-order valence-electron chi connectivity index (χ3n) is 3.56. The second-order valence-corrected chi connectivity index (χ2v) is 5.85. The summed E-state index contributed by atoms with van der Waals surface area (Å²) < 4.78 is 13.0. The second kappa shape index (κ2) is 6.28. The van der Waals surface area contributed by atoms with Crippen LogP contribution in [0.5, 0.6) is 0 Å². The summed E-state index contributed by atoms with van der Waals surface area (Å²) in [4.78, 5) is 11.0. The second-order valence-electron chi connectivity index (χ2n) is 4.87. The van der Waals surface area contributed by atoms with Crippen molar-refractivity contribution < 1.29 is 4.39 Å². The predicted octanol–water partition coefficient (Wildman–Crippen LogP) is 2.93. The zero-order chi connectivity index (χ0) is 13.8. The van der Waals surface area contributed by atoms with Crippen LogP contribution < -0.4 is 5.32 Å². The topological polar surface area (TPSA) is 41.1 Å². The van der Waals surface area contributed by atoms with Gasteiger partial charge in [-0.1, -0.05) is 6.07 Å². The number of nitrogens with one attached hydrogen (secondary N) is 1. The van der Waals surface area contributed by atoms with Crippen molar-refractivity contribution in [2.24, 2.45) is 0 Å². The molecule has 20 heavy (non-hydrogen) atoms. The van der Waals surface area contributed by atoms with Crippen LogP contribution in [0.4, 0.5) is 10.2 Å². The molecule has 6 heteroatoms. The largest absolute Gasteiger partial charge is 0.368 e. The Hall–Kier alpha value is -1.53. The summed E-state index contributed by atoms with van der Waals surface area (Å²) in [5.74, 6) is 0.540. The summed E-state index contributed by atoms with van der Waals surface area (Å²) in [6.45, 7) is 2.99. The van der Waals surface area contributed by atoms with Crippen LogP contribution in [0.15, 0.2) is 29.8 Å². The van der Waals surface area contributed by atoms with Gasteiger partial charge in [0.15, 0.2) is 0 Å². The highest BCUT2D eigenvalue weighted by atomic mass is 32.1. The van der Waals surface area contributed by atoms with Gasteiger partial charge in [0.25, 0.3) is 0 Å². The van der Waals surface area contributed by atoms with E-state index in [0.717, 1.165) is 19.6 Å². The minimum absolute atomic E-state index is 0.329. The SMILES string of the molecule is Fc1nccc(NCC(c2cccs2)N2CCCC2)n1. The fourth-order valence-corrected chi connectivity index (χ4v) is 3.44. The molecule has 1 unspecified atom stereocenters. The van der Waals surface area contributed by atoms with E-state index in [1.807, 2.05) is 0 Å². The van der Waals surface area contributed by atoms with Gasteiger partial charge in [-0.15, -0.1) is 11.3 Å². The number of hydrogen-bond donors (Lipinski definition) is 1. The standard InChI is InChI=1S/C14H17FN4S/c15-14-16-6-5-13(18-14)17-10-11(12-4-3-9-20-12)19-7-1-2-8-19/h3-6,9,11H,1-2,7-8,10H2,(H,16,17,18). The molecule has 1 atom stereocenters. The average molecular weight is 292 g/mol. The highest BCUT2D eigenvalue weighted by molar-refractivity contribution is 7.10. The first-order valence-corrected chi connectivity index (χ1v) is 7.71. The molecule has 4 nitrogen and oxygen atoms in total. The van der Waals surface area contributed by atoms with Gasteiger partial charge < -0.3 is 5.32 Å². The van der Waals surface area contributed by atoms with Gasteiger partial charge >= 0.3 is 6.08 Å². The maximum absolute atomic E-state index is 13.0. The van der Waals surface area contributed by atoms with E-state index in [4.69, 9.17) is 0 Å². The third-order valence-corrected chi connectivity index (χ3v) is 4.53. The van der Waals surface area contributed by atoms with Crippen molar-refractivity contribution in [2.75, 3.05) is 25.0 Å². The van der Waals surface area contributed by atoms with Crippen LogP contribution >= 0.6 is 11.3 Å². The van der Waals surface area contributed by atoms with Crippen LogP contribution in [0.25, 0.3) is 0 Å². The van der Waals surface area contributed by atoms with E-state index in [9.17, 15) is 4.39 Å². The molecule has 0 spiro atoms. The van der Waals surface area contributed by atoms with E-state index in [2.05, 4.69) is 37.7 Å². The van der Waals surface area contributed by atoms with Crippen LogP contribution in [-0.2, 0) is 0 Å². The highest BCUT2D eigenvalue weighted by Crippen LogP contribution is 2.28. The van der Waals surface area contributed by atoms with E-state index in [0.29, 0.717) is 11.9 Å². The Morgan fingerprint density at radius 3 is 2.90 bits per heavy atom. The van der Waals surface area contributed by atoms with Gasteiger partial charge in [0.05, 0.1) is 6.04 Å². The first-order valence-electron chi connectivity index (χ1n) is 6.83. The molecule has 1 N–H and O–H groups in total. The summed E-state index contributed by atoms with van der Waals surface area (Å²) in [6, 6.07) is 6.26. The number of aromatic nitrogens is 2. The monoisotopic (exact) mass is 292 g/mol. The fraction of sp³-hybridized carbons (Fsp3) is 0.429. The Balaban J connectivity index is 1.70. The Kier molecular flexibility index (Phi) is 4.22. The molecule has 0 bridgehead atoms. The van der Waals surface area contributed by atoms with Crippen LogP contribution in [0.3, 0.4) is 0 Å². The Morgan fingerprint density at radius 2 is 2.20 bits per heavy atom. The van der Waals surface area contributed by atoms with Crippen molar-refractivity contribution >= 4 is 17.2 Å². The average Bonchev–Trinajstić information content (AvgIpc) is 3.12. The predicted molar refractivity (Wildman–Crippen MR) is 78.3 cm³/mol. The summed E-state index contributed by atoms with van der Waals surface area (Å²) in [6.07, 6.45) is 3.25. The fourth-order valence-electron chi connectivity index (χ4n) is 2.58. The Morgan fingerprint density at radius 1 is 1.35 bits per heavy atom. The molecular weight excluding hydrogens is 275 g/mol. The lowest BCUT2D eigenvalue weighted by molar-refractivity contribution is 0.259. The lowest BCUT2D eigenvalue weighted by atomic mass is 10.2. The summed E-state index contributed by atoms with van der Waals surface area (Å²) in [7, 11) is 0. The van der Waals surface area contributed by atoms with Crippen molar-refractivity contribution in [1.29, 1.82) is 0 Å². The molecule has 0 radical (unpaired) electrons. The number of halogens is 1. The normalized spacial score (nSPS) is 17.2. The molecule has 3 rings (SSSR count). The van der Waals surface area contributed by atoms with Gasteiger partial charge in [-0.3, -0.25) is 4.90 Å². The molecule has 2 aromatic heterocycles. The maximum atomic E-state index is 13.0. The van der Waals surface area contributed by atoms with Crippen LogP contribution in [-0.4, -0.2) is 34.5 Å². The minimum Gasteiger partial charge on any atom is -0.368 e. The maximum Gasteiger partial charge on any atom is 0.310 e. The van der Waals surface area contributed by atoms with Crippen LogP contribution in [0.2, 0.25) is 0 Å². The third kappa shape index (κ3) is 3.13. The number of likely N-dealkylation sites (tertiary alicyclic amines) is 1. The van der Waals surface area contributed by atoms with Gasteiger partial charge in [0, 0.05) is 17.6 Å². The van der Waals surface area contributed by atoms with Gasteiger partial charge in [0.2, 0.25) is 0 Å². The van der Waals surface area contributed by atoms with E-state index >= 15 is 0 Å². The van der Waals surface area contributed by atoms with E-state index < -0.39 is 6.08 Å². The number of hydrogen-bond acceptors (Lipinski definition) is 5. The molecule has 3 heterocycles. The van der Waals surface area contributed by atoms with Crippen LogP contribution in [0.1, 0.15) is 23.8 Å². The quantitative estimate of drug-likeness (QED) is 0.860. The molecule has 106 valence electrons. The van der Waals surface area contributed by atoms with E-state index in [1.165, 1.54) is 23.9 Å². The van der Waals surface area contributed by atoms with Gasteiger partial charge in [0.1, 0.15) is 5.82 Å². The zero-order valence-corrected chi connectivity index (χ0v) is 11.9. The van der Waals surface area contributed by atoms with Crippen molar-refractivity contribution in [1.82, 2.24) is 14.9 Å². The molecule has 1 aliphatic heterocycles. The molecular formula is C14H17FN4S. The molecule has 0 aliphatic carbocycles. The molecule has 2 aromatic rings. The molecule has 0 saturated carbocycles. The molecule has 0 amide bonds. The number of thiophene rings is 1. The first-order chi connectivity index (χ1) is 9.83. The van der Waals surface area contributed by atoms with Gasteiger partial charge in [-0.25, -0.2) is 4.98 Å². The molecule has 1 saturated heterocycles. The van der Waals surface area contributed by atoms with Gasteiger partial charge in [-0.05, 0) is 43.4 Å². The number of rotatable bonds is 5. The smallest absolute Gasteiger partial charge is 0.310 e. The van der Waals surface area contributed by atoms with E-state index in [1.54, 1.807) is 17.4 Å². The molecule has 0 aromatic carbocycles. The Labute approximate surface area is 121 Å². The van der Waals surface area contributed by atoms with Crippen molar-refractivity contribution in [3.8, 4) is 0 Å². The van der Waals surface area contributed by atoms with Crippen molar-refractivity contribution in [2.45, 2.75) is 18.9 Å². The van der Waals surface area contributed by atoms with Gasteiger partial charge in [-0.2, -0.15) is 9.37 Å². The molecule has 1 fully saturated rings. The summed E-state index contributed by atoms with van der Waals surface area (Å²) >= 11 is 1.77. The first kappa shape index (κ1) is 13.5. The molecule has 1 aliphatic rings. The highest BCUT2D eigenvalue weighted by Gasteiger charge is 2.24. The van der Waals surface area contributed by atoms with E-state index in [-0.39, 0.29) is 0 Å². The Bertz CT molecular complexity index is 540. The van der Waals surface area contributed by atoms with Crippen LogP contribution in [0, 0.1) is 6.08 Å². The lowest BCUT2D eigenvalue weighted by Gasteiger charge is -2.27. The summed E-state index contributed by atoms with van der Waals surface area (Å²) in [5.41, 5.74) is 0. The van der Waals surface area contributed by atoms with Crippen molar-refractivity contribution in [3.05, 3.63) is 40.7 Å². The lowest BCUT2D eigenvalue weighted by Crippen LogP contribution is -2.30. The van der Waals surface area contributed by atoms with Crippen molar-refractivity contribution in [3.63, 3.8) is 0 Å². The summed E-state index contributed by atoms with van der Waals surface area (Å²) in [5, 5.41) is 5.32. The minimum atomic E-state index is -0.691. The number of anilines is 1. The zero-order valence-electron chi connectivity index (χ0n) is 11.1.